The lowest BCUT2D eigenvalue weighted by atomic mass is 10.00. The Morgan fingerprint density at radius 1 is 1.14 bits per heavy atom. The molecule has 0 spiro atoms. The molecule has 0 radical (unpaired) electrons. The van der Waals surface area contributed by atoms with Crippen molar-refractivity contribution >= 4 is 29.3 Å². The lowest BCUT2D eigenvalue weighted by Gasteiger charge is -2.31. The van der Waals surface area contributed by atoms with E-state index < -0.39 is 17.6 Å². The highest BCUT2D eigenvalue weighted by Gasteiger charge is 2.35. The van der Waals surface area contributed by atoms with Crippen LogP contribution in [0.25, 0.3) is 11.1 Å². The zero-order valence-electron chi connectivity index (χ0n) is 19.9. The fourth-order valence-corrected chi connectivity index (χ4v) is 3.70. The second-order valence-corrected chi connectivity index (χ2v) is 9.71. The van der Waals surface area contributed by atoms with E-state index in [-0.39, 0.29) is 38.4 Å². The number of alkyl halides is 2. The number of halogens is 3. The zero-order chi connectivity index (χ0) is 25.8. The third kappa shape index (κ3) is 7.33. The topological polar surface area (TPSA) is 84.7 Å². The number of nitrogens with one attached hydrogen (secondary N) is 1. The van der Waals surface area contributed by atoms with Crippen LogP contribution in [0.3, 0.4) is 0 Å². The minimum absolute atomic E-state index is 0.0337. The molecule has 0 unspecified atom stereocenters. The fourth-order valence-electron chi connectivity index (χ4n) is 3.48. The Morgan fingerprint density at radius 2 is 1.77 bits per heavy atom. The van der Waals surface area contributed by atoms with Crippen molar-refractivity contribution in [3.63, 3.8) is 0 Å². The Hall–Kier alpha value is -3.31. The van der Waals surface area contributed by atoms with E-state index in [1.807, 2.05) is 0 Å². The van der Waals surface area contributed by atoms with Crippen molar-refractivity contribution in [2.24, 2.45) is 0 Å². The Balaban J connectivity index is 1.70. The van der Waals surface area contributed by atoms with Gasteiger partial charge in [0, 0.05) is 37.1 Å². The highest BCUT2D eigenvalue weighted by Crippen LogP contribution is 2.31. The second-order valence-electron chi connectivity index (χ2n) is 9.30. The van der Waals surface area contributed by atoms with Crippen molar-refractivity contribution < 1.29 is 23.1 Å². The molecule has 3 N–H and O–H groups in total. The van der Waals surface area contributed by atoms with Crippen LogP contribution in [0.4, 0.5) is 19.3 Å². The summed E-state index contributed by atoms with van der Waals surface area (Å²) in [5.74, 6) is 2.76. The third-order valence-electron chi connectivity index (χ3n) is 5.32. The number of alkyl carbamates (subject to hydrolysis) is 1. The largest absolute Gasteiger partial charge is 0.444 e. The lowest BCUT2D eigenvalue weighted by molar-refractivity contribution is -0.0494. The molecule has 1 aliphatic rings. The molecule has 0 saturated carbocycles. The summed E-state index contributed by atoms with van der Waals surface area (Å²) in [5.41, 5.74) is 8.22. The van der Waals surface area contributed by atoms with Gasteiger partial charge in [0.15, 0.2) is 0 Å². The van der Waals surface area contributed by atoms with Gasteiger partial charge in [-0.3, -0.25) is 4.79 Å². The average Bonchev–Trinajstić information content (AvgIpc) is 2.77. The number of rotatable bonds is 3. The first-order valence-corrected chi connectivity index (χ1v) is 11.5. The van der Waals surface area contributed by atoms with Crippen LogP contribution < -0.4 is 11.1 Å². The van der Waals surface area contributed by atoms with Crippen molar-refractivity contribution in [2.45, 2.75) is 45.1 Å². The quantitative estimate of drug-likeness (QED) is 0.437. The van der Waals surface area contributed by atoms with Crippen LogP contribution in [-0.2, 0) is 4.74 Å². The maximum absolute atomic E-state index is 13.4. The normalized spacial score (nSPS) is 15.1. The number of hydrogen-bond donors (Lipinski definition) is 2. The predicted molar refractivity (Wildman–Crippen MR) is 132 cm³/mol. The minimum Gasteiger partial charge on any atom is -0.444 e. The monoisotopic (exact) mass is 503 g/mol. The number of hydrogen-bond acceptors (Lipinski definition) is 4. The van der Waals surface area contributed by atoms with Crippen LogP contribution in [0.15, 0.2) is 36.4 Å². The predicted octanol–water partition coefficient (Wildman–Crippen LogP) is 5.34. The van der Waals surface area contributed by atoms with E-state index in [2.05, 4.69) is 17.2 Å². The first-order valence-electron chi connectivity index (χ1n) is 11.2. The molecule has 0 aromatic heterocycles. The van der Waals surface area contributed by atoms with Crippen LogP contribution in [-0.4, -0.2) is 48.1 Å². The van der Waals surface area contributed by atoms with E-state index in [4.69, 9.17) is 22.1 Å². The van der Waals surface area contributed by atoms with E-state index in [1.54, 1.807) is 57.2 Å². The summed E-state index contributed by atoms with van der Waals surface area (Å²) >= 11 is 6.31. The number of benzene rings is 2. The summed E-state index contributed by atoms with van der Waals surface area (Å²) in [5, 5.41) is 2.87. The number of nitrogen functional groups attached to an aromatic ring is 1. The van der Waals surface area contributed by atoms with E-state index in [0.717, 1.165) is 11.1 Å². The van der Waals surface area contributed by atoms with Gasteiger partial charge in [-0.05, 0) is 56.2 Å². The molecular formula is C26H28ClF2N3O3. The van der Waals surface area contributed by atoms with Gasteiger partial charge in [-0.25, -0.2) is 13.6 Å². The van der Waals surface area contributed by atoms with E-state index in [1.165, 1.54) is 4.90 Å². The summed E-state index contributed by atoms with van der Waals surface area (Å²) in [4.78, 5) is 25.8. The maximum atomic E-state index is 13.4. The molecule has 0 aliphatic carbocycles. The fraction of sp³-hybridized carbons (Fsp3) is 0.385. The lowest BCUT2D eigenvalue weighted by Crippen LogP contribution is -2.42. The number of anilines is 1. The maximum Gasteiger partial charge on any atom is 0.408 e. The van der Waals surface area contributed by atoms with Gasteiger partial charge < -0.3 is 20.7 Å². The molecule has 3 rings (SSSR count). The van der Waals surface area contributed by atoms with E-state index >= 15 is 0 Å². The summed E-state index contributed by atoms with van der Waals surface area (Å²) in [6.45, 7) is 5.44. The highest BCUT2D eigenvalue weighted by atomic mass is 35.5. The van der Waals surface area contributed by atoms with E-state index in [0.29, 0.717) is 21.8 Å². The van der Waals surface area contributed by atoms with Crippen molar-refractivity contribution in [3.8, 4) is 23.0 Å². The van der Waals surface area contributed by atoms with Crippen molar-refractivity contribution in [1.82, 2.24) is 10.2 Å². The number of carbonyl (C=O) groups is 2. The molecule has 9 heteroatoms. The van der Waals surface area contributed by atoms with Gasteiger partial charge in [-0.1, -0.05) is 35.6 Å². The van der Waals surface area contributed by atoms with Crippen LogP contribution in [0.5, 0.6) is 0 Å². The van der Waals surface area contributed by atoms with Crippen LogP contribution in [0.1, 0.15) is 49.5 Å². The molecule has 2 aromatic rings. The highest BCUT2D eigenvalue weighted by molar-refractivity contribution is 6.33. The zero-order valence-corrected chi connectivity index (χ0v) is 20.6. The Bertz CT molecular complexity index is 1160. The van der Waals surface area contributed by atoms with Gasteiger partial charge in [0.05, 0.1) is 17.3 Å². The Morgan fingerprint density at radius 3 is 2.37 bits per heavy atom. The molecule has 35 heavy (non-hydrogen) atoms. The number of ether oxygens (including phenoxy) is 1. The molecule has 2 aromatic carbocycles. The first kappa shape index (κ1) is 26.3. The van der Waals surface area contributed by atoms with Gasteiger partial charge in [-0.15, -0.1) is 0 Å². The molecule has 1 fully saturated rings. The number of carbonyl (C=O) groups excluding carboxylic acids is 2. The summed E-state index contributed by atoms with van der Waals surface area (Å²) in [6, 6.07) is 10.3. The van der Waals surface area contributed by atoms with Crippen molar-refractivity contribution in [3.05, 3.63) is 52.5 Å². The molecule has 0 atom stereocenters. The smallest absolute Gasteiger partial charge is 0.408 e. The molecule has 2 amide bonds. The van der Waals surface area contributed by atoms with Gasteiger partial charge in [0.1, 0.15) is 5.60 Å². The minimum atomic E-state index is -2.71. The average molecular weight is 504 g/mol. The van der Waals surface area contributed by atoms with Crippen LogP contribution >= 0.6 is 11.6 Å². The Labute approximate surface area is 208 Å². The van der Waals surface area contributed by atoms with Gasteiger partial charge in [-0.2, -0.15) is 0 Å². The molecule has 1 saturated heterocycles. The summed E-state index contributed by atoms with van der Waals surface area (Å²) in [6.07, 6.45) is -1.21. The van der Waals surface area contributed by atoms with E-state index in [9.17, 15) is 18.4 Å². The molecule has 0 bridgehead atoms. The number of piperidine rings is 1. The molecule has 6 nitrogen and oxygen atoms in total. The number of nitrogens with zero attached hydrogens (tertiary/aromatic N) is 1. The first-order chi connectivity index (χ1) is 16.3. The van der Waals surface area contributed by atoms with Gasteiger partial charge in [0.2, 0.25) is 0 Å². The summed E-state index contributed by atoms with van der Waals surface area (Å²) in [7, 11) is 0. The molecular weight excluding hydrogens is 476 g/mol. The molecule has 1 aliphatic heterocycles. The van der Waals surface area contributed by atoms with Crippen molar-refractivity contribution in [1.29, 1.82) is 0 Å². The van der Waals surface area contributed by atoms with Crippen molar-refractivity contribution in [2.75, 3.05) is 25.4 Å². The molecule has 1 heterocycles. The third-order valence-corrected chi connectivity index (χ3v) is 5.63. The van der Waals surface area contributed by atoms with Gasteiger partial charge >= 0.3 is 6.09 Å². The number of amides is 2. The van der Waals surface area contributed by atoms with Crippen LogP contribution in [0, 0.1) is 11.8 Å². The standard InChI is InChI=1S/C26H28ClF2N3O3/c1-25(2,3)35-24(34)31-12-4-5-19-15-20(16-21(27)22(19)30)17-6-8-18(9-7-17)23(33)32-13-10-26(28,29)11-14-32/h6-9,15-16H,10-14,30H2,1-3H3,(H,31,34). The Kier molecular flexibility index (Phi) is 7.91. The number of likely N-dealkylation sites (tertiary alicyclic amines) is 1. The second kappa shape index (κ2) is 10.5. The van der Waals surface area contributed by atoms with Gasteiger partial charge in [0.25, 0.3) is 11.8 Å². The summed E-state index contributed by atoms with van der Waals surface area (Å²) < 4.78 is 31.9. The SMILES string of the molecule is CC(C)(C)OC(=O)NCC#Cc1cc(-c2ccc(C(=O)N3CCC(F)(F)CC3)cc2)cc(Cl)c1N. The number of nitrogens with two attached hydrogens (primary N) is 1. The molecule has 186 valence electrons. The van der Waals surface area contributed by atoms with Crippen LogP contribution in [0.2, 0.25) is 5.02 Å².